The Bertz CT molecular complexity index is 794. The SMILES string of the molecule is Cc1nn(CCCNC(=O)C(C)Cn2nc(C)c([N+](=O)[O-])c2C)cc1Br. The van der Waals surface area contributed by atoms with E-state index in [0.29, 0.717) is 31.0 Å². The van der Waals surface area contributed by atoms with Gasteiger partial charge in [-0.2, -0.15) is 10.2 Å². The number of nitrogens with zero attached hydrogens (tertiary/aromatic N) is 5. The van der Waals surface area contributed by atoms with Crippen LogP contribution in [0.15, 0.2) is 10.7 Å². The molecule has 1 N–H and O–H groups in total. The molecule has 0 aliphatic rings. The third-order valence-electron chi connectivity index (χ3n) is 4.17. The van der Waals surface area contributed by atoms with Crippen molar-refractivity contribution >= 4 is 27.5 Å². The van der Waals surface area contributed by atoms with Gasteiger partial charge >= 0.3 is 5.69 Å². The van der Waals surface area contributed by atoms with E-state index >= 15 is 0 Å². The number of halogens is 1. The first-order valence-corrected chi connectivity index (χ1v) is 9.15. The van der Waals surface area contributed by atoms with Crippen molar-refractivity contribution < 1.29 is 9.72 Å². The summed E-state index contributed by atoms with van der Waals surface area (Å²) in [5.74, 6) is -0.438. The van der Waals surface area contributed by atoms with E-state index in [1.807, 2.05) is 17.8 Å². The average Bonchev–Trinajstić information content (AvgIpc) is 3.02. The fourth-order valence-electron chi connectivity index (χ4n) is 2.71. The molecule has 1 atom stereocenters. The maximum absolute atomic E-state index is 12.2. The van der Waals surface area contributed by atoms with Gasteiger partial charge in [0.05, 0.1) is 27.6 Å². The van der Waals surface area contributed by atoms with E-state index in [1.54, 1.807) is 20.8 Å². The molecule has 0 saturated carbocycles. The molecule has 1 amide bonds. The standard InChI is InChI=1S/C16H23BrN6O3/c1-10(8-22-13(4)15(23(25)26)12(3)20-22)16(24)18-6-5-7-21-9-14(17)11(2)19-21/h9-10H,5-8H2,1-4H3,(H,18,24). The van der Waals surface area contributed by atoms with Gasteiger partial charge in [0.2, 0.25) is 5.91 Å². The second-order valence-corrected chi connectivity index (χ2v) is 7.18. The lowest BCUT2D eigenvalue weighted by atomic mass is 10.1. The van der Waals surface area contributed by atoms with Crippen LogP contribution in [0.1, 0.15) is 30.4 Å². The fraction of sp³-hybridized carbons (Fsp3) is 0.562. The zero-order valence-corrected chi connectivity index (χ0v) is 16.9. The normalized spacial score (nSPS) is 12.2. The number of carbonyl (C=O) groups is 1. The van der Waals surface area contributed by atoms with Crippen LogP contribution in [0.4, 0.5) is 5.69 Å². The van der Waals surface area contributed by atoms with Crippen molar-refractivity contribution in [2.75, 3.05) is 6.54 Å². The van der Waals surface area contributed by atoms with Crippen molar-refractivity contribution in [3.05, 3.63) is 37.9 Å². The summed E-state index contributed by atoms with van der Waals surface area (Å²) < 4.78 is 4.33. The number of carbonyl (C=O) groups excluding carboxylic acids is 1. The predicted molar refractivity (Wildman–Crippen MR) is 99.8 cm³/mol. The van der Waals surface area contributed by atoms with Crippen molar-refractivity contribution in [2.45, 2.75) is 47.2 Å². The summed E-state index contributed by atoms with van der Waals surface area (Å²) in [4.78, 5) is 22.9. The Morgan fingerprint density at radius 3 is 2.58 bits per heavy atom. The van der Waals surface area contributed by atoms with Gasteiger partial charge in [-0.15, -0.1) is 0 Å². The fourth-order valence-corrected chi connectivity index (χ4v) is 3.02. The number of aromatic nitrogens is 4. The lowest BCUT2D eigenvalue weighted by Gasteiger charge is -2.13. The summed E-state index contributed by atoms with van der Waals surface area (Å²) in [6.45, 7) is 8.51. The van der Waals surface area contributed by atoms with Crippen LogP contribution < -0.4 is 5.32 Å². The van der Waals surface area contributed by atoms with E-state index < -0.39 is 4.92 Å². The molecule has 0 aromatic carbocycles. The number of nitrogens with one attached hydrogen (secondary N) is 1. The molecule has 1 unspecified atom stereocenters. The smallest absolute Gasteiger partial charge is 0.312 e. The minimum absolute atomic E-state index is 0.0123. The van der Waals surface area contributed by atoms with Gasteiger partial charge in [-0.3, -0.25) is 24.3 Å². The molecule has 0 fully saturated rings. The number of aryl methyl sites for hydroxylation is 3. The molecule has 26 heavy (non-hydrogen) atoms. The molecule has 2 aromatic rings. The number of rotatable bonds is 8. The molecule has 10 heteroatoms. The monoisotopic (exact) mass is 426 g/mol. The molecule has 2 heterocycles. The Morgan fingerprint density at radius 2 is 2.04 bits per heavy atom. The second-order valence-electron chi connectivity index (χ2n) is 6.33. The Hall–Kier alpha value is -2.23. The molecule has 142 valence electrons. The van der Waals surface area contributed by atoms with E-state index in [2.05, 4.69) is 31.4 Å². The summed E-state index contributed by atoms with van der Waals surface area (Å²) in [5, 5.41) is 22.5. The number of hydrogen-bond acceptors (Lipinski definition) is 5. The highest BCUT2D eigenvalue weighted by Gasteiger charge is 2.24. The van der Waals surface area contributed by atoms with Gasteiger partial charge in [-0.25, -0.2) is 0 Å². The molecule has 2 rings (SSSR count). The van der Waals surface area contributed by atoms with Gasteiger partial charge in [0.1, 0.15) is 11.4 Å². The van der Waals surface area contributed by atoms with Crippen LogP contribution in [0.25, 0.3) is 0 Å². The van der Waals surface area contributed by atoms with Crippen LogP contribution in [0.5, 0.6) is 0 Å². The third-order valence-corrected chi connectivity index (χ3v) is 4.95. The van der Waals surface area contributed by atoms with Crippen molar-refractivity contribution in [1.82, 2.24) is 24.9 Å². The Kier molecular flexibility index (Phi) is 6.52. The van der Waals surface area contributed by atoms with Gasteiger partial charge in [-0.05, 0) is 43.1 Å². The Labute approximate surface area is 160 Å². The summed E-state index contributed by atoms with van der Waals surface area (Å²) in [5.41, 5.74) is 1.77. The van der Waals surface area contributed by atoms with Gasteiger partial charge < -0.3 is 5.32 Å². The van der Waals surface area contributed by atoms with Crippen molar-refractivity contribution in [3.8, 4) is 0 Å². The minimum atomic E-state index is -0.436. The van der Waals surface area contributed by atoms with Crippen LogP contribution in [0, 0.1) is 36.8 Å². The molecule has 0 bridgehead atoms. The lowest BCUT2D eigenvalue weighted by Crippen LogP contribution is -2.33. The van der Waals surface area contributed by atoms with Crippen molar-refractivity contribution in [1.29, 1.82) is 0 Å². The van der Waals surface area contributed by atoms with Gasteiger partial charge in [0.25, 0.3) is 0 Å². The largest absolute Gasteiger partial charge is 0.356 e. The molecule has 0 spiro atoms. The van der Waals surface area contributed by atoms with Crippen LogP contribution in [-0.2, 0) is 17.9 Å². The highest BCUT2D eigenvalue weighted by atomic mass is 79.9. The first kappa shape index (κ1) is 20.1. The molecule has 0 radical (unpaired) electrons. The zero-order valence-electron chi connectivity index (χ0n) is 15.3. The van der Waals surface area contributed by atoms with Crippen LogP contribution >= 0.6 is 15.9 Å². The van der Waals surface area contributed by atoms with E-state index in [-0.39, 0.29) is 17.5 Å². The van der Waals surface area contributed by atoms with Gasteiger partial charge in [0, 0.05) is 19.3 Å². The van der Waals surface area contributed by atoms with E-state index in [1.165, 1.54) is 4.68 Å². The number of nitro groups is 1. The molecular formula is C16H23BrN6O3. The lowest BCUT2D eigenvalue weighted by molar-refractivity contribution is -0.386. The van der Waals surface area contributed by atoms with Crippen LogP contribution in [-0.4, -0.2) is 36.9 Å². The van der Waals surface area contributed by atoms with Crippen molar-refractivity contribution in [2.24, 2.45) is 5.92 Å². The number of amides is 1. The summed E-state index contributed by atoms with van der Waals surface area (Å²) in [7, 11) is 0. The molecular weight excluding hydrogens is 404 g/mol. The highest BCUT2D eigenvalue weighted by Crippen LogP contribution is 2.22. The van der Waals surface area contributed by atoms with E-state index in [0.717, 1.165) is 16.6 Å². The predicted octanol–water partition coefficient (Wildman–Crippen LogP) is 2.52. The van der Waals surface area contributed by atoms with Crippen molar-refractivity contribution in [3.63, 3.8) is 0 Å². The maximum atomic E-state index is 12.2. The van der Waals surface area contributed by atoms with E-state index in [9.17, 15) is 14.9 Å². The highest BCUT2D eigenvalue weighted by molar-refractivity contribution is 9.10. The Balaban J connectivity index is 1.82. The van der Waals surface area contributed by atoms with Gasteiger partial charge in [-0.1, -0.05) is 6.92 Å². The van der Waals surface area contributed by atoms with Gasteiger partial charge in [0.15, 0.2) is 0 Å². The summed E-state index contributed by atoms with van der Waals surface area (Å²) >= 11 is 3.42. The topological polar surface area (TPSA) is 108 Å². The Morgan fingerprint density at radius 1 is 1.35 bits per heavy atom. The maximum Gasteiger partial charge on any atom is 0.312 e. The van der Waals surface area contributed by atoms with E-state index in [4.69, 9.17) is 0 Å². The summed E-state index contributed by atoms with van der Waals surface area (Å²) in [6, 6.07) is 0. The summed E-state index contributed by atoms with van der Waals surface area (Å²) in [6.07, 6.45) is 2.67. The molecule has 2 aromatic heterocycles. The molecule has 0 aliphatic heterocycles. The number of hydrogen-bond donors (Lipinski definition) is 1. The average molecular weight is 427 g/mol. The zero-order chi connectivity index (χ0) is 19.4. The quantitative estimate of drug-likeness (QED) is 0.396. The minimum Gasteiger partial charge on any atom is -0.356 e. The second kappa shape index (κ2) is 8.43. The van der Waals surface area contributed by atoms with Crippen LogP contribution in [0.3, 0.4) is 0 Å². The molecule has 0 saturated heterocycles. The van der Waals surface area contributed by atoms with Crippen LogP contribution in [0.2, 0.25) is 0 Å². The first-order valence-electron chi connectivity index (χ1n) is 8.36. The molecule has 0 aliphatic carbocycles. The first-order chi connectivity index (χ1) is 12.2. The molecule has 9 nitrogen and oxygen atoms in total. The third kappa shape index (κ3) is 4.69.